The zero-order valence-corrected chi connectivity index (χ0v) is 11.3. The number of nitrogens with one attached hydrogen (secondary N) is 2. The summed E-state index contributed by atoms with van der Waals surface area (Å²) in [5.74, 6) is -0.0898. The van der Waals surface area contributed by atoms with Gasteiger partial charge in [-0.25, -0.2) is 0 Å². The van der Waals surface area contributed by atoms with Gasteiger partial charge < -0.3 is 10.3 Å². The Bertz CT molecular complexity index is 717. The molecule has 0 saturated carbocycles. The van der Waals surface area contributed by atoms with E-state index < -0.39 is 0 Å². The van der Waals surface area contributed by atoms with Crippen LogP contribution in [-0.2, 0) is 4.79 Å². The fourth-order valence-electron chi connectivity index (χ4n) is 1.72. The molecule has 2 N–H and O–H groups in total. The standard InChI is InChI=1S/C15H15N3O2/c1-10-5-12(8-16-7-10)13-6-14(15(20)18-9-13)17-4-3-11(2)19/h3-9,17H,1-2H3,(H,18,20). The number of pyridine rings is 2. The highest BCUT2D eigenvalue weighted by Gasteiger charge is 2.03. The van der Waals surface area contributed by atoms with Crippen LogP contribution in [-0.4, -0.2) is 15.8 Å². The van der Waals surface area contributed by atoms with Crippen LogP contribution in [0.3, 0.4) is 0 Å². The number of hydrogen-bond acceptors (Lipinski definition) is 4. The van der Waals surface area contributed by atoms with Crippen LogP contribution in [0.15, 0.2) is 47.8 Å². The summed E-state index contributed by atoms with van der Waals surface area (Å²) < 4.78 is 0. The van der Waals surface area contributed by atoms with E-state index in [0.717, 1.165) is 16.7 Å². The monoisotopic (exact) mass is 269 g/mol. The van der Waals surface area contributed by atoms with Crippen LogP contribution in [0.5, 0.6) is 0 Å². The van der Waals surface area contributed by atoms with Gasteiger partial charge in [0.05, 0.1) is 0 Å². The van der Waals surface area contributed by atoms with E-state index in [1.165, 1.54) is 19.2 Å². The van der Waals surface area contributed by atoms with Crippen molar-refractivity contribution in [3.63, 3.8) is 0 Å². The van der Waals surface area contributed by atoms with E-state index in [1.54, 1.807) is 24.7 Å². The average Bonchev–Trinajstić information content (AvgIpc) is 2.40. The van der Waals surface area contributed by atoms with Gasteiger partial charge in [0.25, 0.3) is 5.56 Å². The van der Waals surface area contributed by atoms with Gasteiger partial charge in [-0.05, 0) is 37.6 Å². The largest absolute Gasteiger partial charge is 0.357 e. The molecule has 0 spiro atoms. The second-order valence-corrected chi connectivity index (χ2v) is 4.47. The second kappa shape index (κ2) is 5.97. The number of anilines is 1. The van der Waals surface area contributed by atoms with Crippen molar-refractivity contribution >= 4 is 11.5 Å². The molecule has 0 saturated heterocycles. The van der Waals surface area contributed by atoms with Crippen LogP contribution in [0.25, 0.3) is 11.1 Å². The fraction of sp³-hybridized carbons (Fsp3) is 0.133. The zero-order chi connectivity index (χ0) is 14.5. The number of carbonyl (C=O) groups is 1. The Kier molecular flexibility index (Phi) is 4.10. The molecule has 2 rings (SSSR count). The first-order chi connectivity index (χ1) is 9.56. The number of hydrogen-bond donors (Lipinski definition) is 2. The molecule has 0 aliphatic carbocycles. The molecule has 0 bridgehead atoms. The molecule has 102 valence electrons. The first-order valence-electron chi connectivity index (χ1n) is 6.14. The van der Waals surface area contributed by atoms with E-state index in [0.29, 0.717) is 5.69 Å². The van der Waals surface area contributed by atoms with Crippen molar-refractivity contribution < 1.29 is 4.79 Å². The van der Waals surface area contributed by atoms with Crippen molar-refractivity contribution in [3.8, 4) is 11.1 Å². The Balaban J connectivity index is 2.33. The van der Waals surface area contributed by atoms with Crippen LogP contribution in [0, 0.1) is 6.92 Å². The molecule has 5 heteroatoms. The Morgan fingerprint density at radius 2 is 2.10 bits per heavy atom. The number of aromatic amines is 1. The van der Waals surface area contributed by atoms with Crippen molar-refractivity contribution in [1.82, 2.24) is 9.97 Å². The summed E-state index contributed by atoms with van der Waals surface area (Å²) in [6.45, 7) is 3.40. The average molecular weight is 269 g/mol. The van der Waals surface area contributed by atoms with Gasteiger partial charge in [-0.1, -0.05) is 0 Å². The van der Waals surface area contributed by atoms with Gasteiger partial charge in [-0.3, -0.25) is 14.6 Å². The van der Waals surface area contributed by atoms with Crippen molar-refractivity contribution in [2.45, 2.75) is 13.8 Å². The summed E-state index contributed by atoms with van der Waals surface area (Å²) in [7, 11) is 0. The molecule has 20 heavy (non-hydrogen) atoms. The Morgan fingerprint density at radius 3 is 2.80 bits per heavy atom. The van der Waals surface area contributed by atoms with Gasteiger partial charge in [0.2, 0.25) is 0 Å². The molecule has 0 amide bonds. The smallest absolute Gasteiger partial charge is 0.271 e. The van der Waals surface area contributed by atoms with Crippen LogP contribution in [0.4, 0.5) is 5.69 Å². The number of rotatable bonds is 4. The van der Waals surface area contributed by atoms with Crippen LogP contribution < -0.4 is 10.9 Å². The Hall–Kier alpha value is -2.69. The predicted molar refractivity (Wildman–Crippen MR) is 78.5 cm³/mol. The summed E-state index contributed by atoms with van der Waals surface area (Å²) >= 11 is 0. The van der Waals surface area contributed by atoms with E-state index in [1.807, 2.05) is 13.0 Å². The maximum atomic E-state index is 11.7. The molecule has 0 aliphatic rings. The van der Waals surface area contributed by atoms with Gasteiger partial charge >= 0.3 is 0 Å². The first-order valence-corrected chi connectivity index (χ1v) is 6.14. The molecule has 5 nitrogen and oxygen atoms in total. The molecule has 0 aliphatic heterocycles. The molecular formula is C15H15N3O2. The van der Waals surface area contributed by atoms with Gasteiger partial charge in [0, 0.05) is 35.9 Å². The topological polar surface area (TPSA) is 74.8 Å². The SMILES string of the molecule is CC(=O)C=CNc1cc(-c2cncc(C)c2)c[nH]c1=O. The minimum absolute atomic E-state index is 0.0898. The van der Waals surface area contributed by atoms with Crippen molar-refractivity contribution in [2.24, 2.45) is 0 Å². The number of nitrogens with zero attached hydrogens (tertiary/aromatic N) is 1. The maximum Gasteiger partial charge on any atom is 0.271 e. The Labute approximate surface area is 116 Å². The minimum Gasteiger partial charge on any atom is -0.357 e. The third-order valence-corrected chi connectivity index (χ3v) is 2.67. The van der Waals surface area contributed by atoms with Crippen molar-refractivity contribution in [1.29, 1.82) is 0 Å². The normalized spacial score (nSPS) is 10.7. The third-order valence-electron chi connectivity index (χ3n) is 2.67. The van der Waals surface area contributed by atoms with E-state index in [9.17, 15) is 9.59 Å². The highest BCUT2D eigenvalue weighted by atomic mass is 16.1. The van der Waals surface area contributed by atoms with E-state index in [-0.39, 0.29) is 11.3 Å². The van der Waals surface area contributed by atoms with Crippen molar-refractivity contribution in [2.75, 3.05) is 5.32 Å². The highest BCUT2D eigenvalue weighted by Crippen LogP contribution is 2.19. The molecular weight excluding hydrogens is 254 g/mol. The molecule has 0 aromatic carbocycles. The number of aromatic nitrogens is 2. The van der Waals surface area contributed by atoms with Gasteiger partial charge in [0.1, 0.15) is 5.69 Å². The summed E-state index contributed by atoms with van der Waals surface area (Å²) in [4.78, 5) is 29.3. The molecule has 2 aromatic heterocycles. The molecule has 0 radical (unpaired) electrons. The van der Waals surface area contributed by atoms with Crippen molar-refractivity contribution in [3.05, 3.63) is 58.9 Å². The van der Waals surface area contributed by atoms with Gasteiger partial charge in [0.15, 0.2) is 5.78 Å². The lowest BCUT2D eigenvalue weighted by Crippen LogP contribution is -2.10. The van der Waals surface area contributed by atoms with Crippen LogP contribution in [0.1, 0.15) is 12.5 Å². The number of ketones is 1. The first kappa shape index (κ1) is 13.7. The second-order valence-electron chi connectivity index (χ2n) is 4.47. The Morgan fingerprint density at radius 1 is 1.30 bits per heavy atom. The number of aryl methyl sites for hydroxylation is 1. The lowest BCUT2D eigenvalue weighted by Gasteiger charge is -2.05. The third kappa shape index (κ3) is 3.41. The summed E-state index contributed by atoms with van der Waals surface area (Å²) in [6, 6.07) is 3.70. The maximum absolute atomic E-state index is 11.7. The minimum atomic E-state index is -0.248. The number of allylic oxidation sites excluding steroid dienone is 1. The van der Waals surface area contributed by atoms with Crippen LogP contribution in [0.2, 0.25) is 0 Å². The summed E-state index contributed by atoms with van der Waals surface area (Å²) in [5.41, 5.74) is 2.93. The summed E-state index contributed by atoms with van der Waals surface area (Å²) in [6.07, 6.45) is 7.95. The molecule has 0 fully saturated rings. The van der Waals surface area contributed by atoms with Gasteiger partial charge in [-0.2, -0.15) is 0 Å². The zero-order valence-electron chi connectivity index (χ0n) is 11.3. The van der Waals surface area contributed by atoms with Gasteiger partial charge in [-0.15, -0.1) is 0 Å². The quantitative estimate of drug-likeness (QED) is 0.835. The molecule has 2 aromatic rings. The highest BCUT2D eigenvalue weighted by molar-refractivity contribution is 5.87. The fourth-order valence-corrected chi connectivity index (χ4v) is 1.72. The van der Waals surface area contributed by atoms with E-state index in [4.69, 9.17) is 0 Å². The summed E-state index contributed by atoms with van der Waals surface area (Å²) in [5, 5.41) is 2.80. The van der Waals surface area contributed by atoms with E-state index >= 15 is 0 Å². The molecule has 0 unspecified atom stereocenters. The predicted octanol–water partition coefficient (Wildman–Crippen LogP) is 2.26. The molecule has 0 atom stereocenters. The van der Waals surface area contributed by atoms with Crippen LogP contribution >= 0.6 is 0 Å². The lowest BCUT2D eigenvalue weighted by atomic mass is 10.1. The van der Waals surface area contributed by atoms with E-state index in [2.05, 4.69) is 15.3 Å². The number of carbonyl (C=O) groups excluding carboxylic acids is 1. The molecule has 2 heterocycles. The lowest BCUT2D eigenvalue weighted by molar-refractivity contribution is -0.112. The number of H-pyrrole nitrogens is 1.